The van der Waals surface area contributed by atoms with E-state index < -0.39 is 0 Å². The summed E-state index contributed by atoms with van der Waals surface area (Å²) in [5.74, 6) is -0.325. The van der Waals surface area contributed by atoms with E-state index in [1.165, 1.54) is 6.20 Å². The van der Waals surface area contributed by atoms with E-state index in [-0.39, 0.29) is 11.6 Å². The average Bonchev–Trinajstić information content (AvgIpc) is 2.91. The summed E-state index contributed by atoms with van der Waals surface area (Å²) in [4.78, 5) is 16.1. The zero-order chi connectivity index (χ0) is 13.2. The number of anilines is 1. The van der Waals surface area contributed by atoms with Crippen molar-refractivity contribution in [2.75, 3.05) is 5.32 Å². The van der Waals surface area contributed by atoms with E-state index in [4.69, 9.17) is 11.6 Å². The van der Waals surface area contributed by atoms with Gasteiger partial charge in [0.05, 0.1) is 11.9 Å². The van der Waals surface area contributed by atoms with Gasteiger partial charge >= 0.3 is 0 Å². The Morgan fingerprint density at radius 3 is 2.95 bits per heavy atom. The Balaban J connectivity index is 1.98. The quantitative estimate of drug-likeness (QED) is 0.705. The maximum Gasteiger partial charge on any atom is 0.274 e. The van der Waals surface area contributed by atoms with Crippen LogP contribution >= 0.6 is 11.6 Å². The molecule has 0 aliphatic rings. The lowest BCUT2D eigenvalue weighted by Crippen LogP contribution is -2.13. The molecule has 19 heavy (non-hydrogen) atoms. The molecule has 0 aliphatic carbocycles. The van der Waals surface area contributed by atoms with Crippen molar-refractivity contribution in [1.82, 2.24) is 15.2 Å². The zero-order valence-electron chi connectivity index (χ0n) is 9.72. The second kappa shape index (κ2) is 4.70. The number of rotatable bonds is 2. The smallest absolute Gasteiger partial charge is 0.274 e. The number of pyridine rings is 1. The molecule has 6 heteroatoms. The number of benzene rings is 1. The molecule has 0 saturated carbocycles. The van der Waals surface area contributed by atoms with Gasteiger partial charge in [-0.1, -0.05) is 35.9 Å². The number of hydrogen-bond acceptors (Lipinski definition) is 3. The summed E-state index contributed by atoms with van der Waals surface area (Å²) < 4.78 is 0. The van der Waals surface area contributed by atoms with Crippen molar-refractivity contribution < 1.29 is 4.79 Å². The van der Waals surface area contributed by atoms with Crippen LogP contribution < -0.4 is 5.32 Å². The highest BCUT2D eigenvalue weighted by Crippen LogP contribution is 2.22. The van der Waals surface area contributed by atoms with Crippen molar-refractivity contribution in [2.45, 2.75) is 0 Å². The summed E-state index contributed by atoms with van der Waals surface area (Å²) in [5.41, 5.74) is 0.848. The second-order valence-corrected chi connectivity index (χ2v) is 4.32. The molecule has 0 bridgehead atoms. The van der Waals surface area contributed by atoms with Gasteiger partial charge in [0, 0.05) is 11.6 Å². The minimum atomic E-state index is -0.325. The summed E-state index contributed by atoms with van der Waals surface area (Å²) in [7, 11) is 0. The number of amides is 1. The molecule has 0 aliphatic heterocycles. The van der Waals surface area contributed by atoms with Gasteiger partial charge in [-0.05, 0) is 11.5 Å². The number of aromatic nitrogens is 3. The van der Waals surface area contributed by atoms with Gasteiger partial charge in [0.25, 0.3) is 5.91 Å². The molecule has 3 aromatic rings. The molecule has 0 atom stereocenters. The van der Waals surface area contributed by atoms with Gasteiger partial charge in [-0.25, -0.2) is 4.98 Å². The van der Waals surface area contributed by atoms with Crippen LogP contribution in [0.5, 0.6) is 0 Å². The Morgan fingerprint density at radius 1 is 1.32 bits per heavy atom. The third-order valence-corrected chi connectivity index (χ3v) is 2.97. The molecular weight excluding hydrogens is 264 g/mol. The fourth-order valence-electron chi connectivity index (χ4n) is 1.79. The maximum atomic E-state index is 12.0. The molecule has 0 fully saturated rings. The van der Waals surface area contributed by atoms with E-state index in [9.17, 15) is 4.79 Å². The van der Waals surface area contributed by atoms with E-state index in [0.29, 0.717) is 10.8 Å². The fraction of sp³-hybridized carbons (Fsp3) is 0. The third-order valence-electron chi connectivity index (χ3n) is 2.68. The zero-order valence-corrected chi connectivity index (χ0v) is 10.5. The van der Waals surface area contributed by atoms with Crippen molar-refractivity contribution in [3.05, 3.63) is 53.6 Å². The van der Waals surface area contributed by atoms with Crippen LogP contribution in [0.15, 0.2) is 42.7 Å². The SMILES string of the molecule is O=C(Nc1cn[nH]c1)c1cc2ccccc2c(Cl)n1. The van der Waals surface area contributed by atoms with Crippen molar-refractivity contribution >= 4 is 34.0 Å². The highest BCUT2D eigenvalue weighted by atomic mass is 35.5. The topological polar surface area (TPSA) is 70.7 Å². The Morgan fingerprint density at radius 2 is 2.16 bits per heavy atom. The molecule has 0 spiro atoms. The van der Waals surface area contributed by atoms with Crippen molar-refractivity contribution in [3.63, 3.8) is 0 Å². The van der Waals surface area contributed by atoms with Gasteiger partial charge in [0.15, 0.2) is 0 Å². The van der Waals surface area contributed by atoms with Crippen LogP contribution in [0, 0.1) is 0 Å². The largest absolute Gasteiger partial charge is 0.318 e. The first-order valence-corrected chi connectivity index (χ1v) is 5.97. The Bertz CT molecular complexity index is 739. The highest BCUT2D eigenvalue weighted by Gasteiger charge is 2.11. The molecule has 0 unspecified atom stereocenters. The summed E-state index contributed by atoms with van der Waals surface area (Å²) in [6, 6.07) is 9.22. The van der Waals surface area contributed by atoms with Crippen LogP contribution in [-0.2, 0) is 0 Å². The van der Waals surface area contributed by atoms with Crippen molar-refractivity contribution in [2.24, 2.45) is 0 Å². The van der Waals surface area contributed by atoms with E-state index in [1.807, 2.05) is 24.3 Å². The van der Waals surface area contributed by atoms with Gasteiger partial charge in [0.2, 0.25) is 0 Å². The Hall–Kier alpha value is -2.40. The van der Waals surface area contributed by atoms with E-state index in [0.717, 1.165) is 10.8 Å². The van der Waals surface area contributed by atoms with Crippen LogP contribution in [0.1, 0.15) is 10.5 Å². The van der Waals surface area contributed by atoms with Crippen LogP contribution in [0.2, 0.25) is 5.15 Å². The van der Waals surface area contributed by atoms with Gasteiger partial charge in [0.1, 0.15) is 10.8 Å². The van der Waals surface area contributed by atoms with Crippen molar-refractivity contribution in [3.8, 4) is 0 Å². The minimum Gasteiger partial charge on any atom is -0.318 e. The molecule has 5 nitrogen and oxygen atoms in total. The first-order valence-electron chi connectivity index (χ1n) is 5.59. The number of fused-ring (bicyclic) bond motifs is 1. The maximum absolute atomic E-state index is 12.0. The molecule has 2 heterocycles. The first kappa shape index (κ1) is 11.7. The van der Waals surface area contributed by atoms with E-state index >= 15 is 0 Å². The number of aromatic amines is 1. The summed E-state index contributed by atoms with van der Waals surface area (Å²) in [6.45, 7) is 0. The molecular formula is C13H9ClN4O. The fourth-order valence-corrected chi connectivity index (χ4v) is 2.05. The Kier molecular flexibility index (Phi) is 2.89. The van der Waals surface area contributed by atoms with Crippen LogP contribution in [0.3, 0.4) is 0 Å². The Labute approximate surface area is 113 Å². The van der Waals surface area contributed by atoms with E-state index in [2.05, 4.69) is 20.5 Å². The van der Waals surface area contributed by atoms with Crippen LogP contribution in [0.25, 0.3) is 10.8 Å². The predicted molar refractivity (Wildman–Crippen MR) is 73.3 cm³/mol. The minimum absolute atomic E-state index is 0.268. The number of nitrogens with zero attached hydrogens (tertiary/aromatic N) is 2. The number of H-pyrrole nitrogens is 1. The lowest BCUT2D eigenvalue weighted by atomic mass is 10.1. The molecule has 1 aromatic carbocycles. The summed E-state index contributed by atoms with van der Waals surface area (Å²) >= 11 is 6.08. The standard InChI is InChI=1S/C13H9ClN4O/c14-12-10-4-2-1-3-8(10)5-11(18-12)13(19)17-9-6-15-16-7-9/h1-7H,(H,15,16)(H,17,19). The van der Waals surface area contributed by atoms with E-state index in [1.54, 1.807) is 12.3 Å². The molecule has 2 N–H and O–H groups in total. The number of halogens is 1. The molecule has 0 saturated heterocycles. The van der Waals surface area contributed by atoms with Crippen LogP contribution in [-0.4, -0.2) is 21.1 Å². The lowest BCUT2D eigenvalue weighted by molar-refractivity contribution is 0.102. The molecule has 0 radical (unpaired) electrons. The van der Waals surface area contributed by atoms with Crippen LogP contribution in [0.4, 0.5) is 5.69 Å². The van der Waals surface area contributed by atoms with Crippen molar-refractivity contribution in [1.29, 1.82) is 0 Å². The normalized spacial score (nSPS) is 10.6. The first-order chi connectivity index (χ1) is 9.24. The summed E-state index contributed by atoms with van der Waals surface area (Å²) in [5, 5.41) is 11.1. The number of carbonyl (C=O) groups excluding carboxylic acids is 1. The van der Waals surface area contributed by atoms with Gasteiger partial charge < -0.3 is 5.32 Å². The van der Waals surface area contributed by atoms with Gasteiger partial charge in [-0.2, -0.15) is 5.10 Å². The molecule has 3 rings (SSSR count). The number of carbonyl (C=O) groups is 1. The second-order valence-electron chi connectivity index (χ2n) is 3.96. The highest BCUT2D eigenvalue weighted by molar-refractivity contribution is 6.34. The number of nitrogens with one attached hydrogen (secondary N) is 2. The lowest BCUT2D eigenvalue weighted by Gasteiger charge is -2.05. The molecule has 2 aromatic heterocycles. The van der Waals surface area contributed by atoms with Gasteiger partial charge in [-0.15, -0.1) is 0 Å². The molecule has 1 amide bonds. The average molecular weight is 273 g/mol. The monoisotopic (exact) mass is 272 g/mol. The third kappa shape index (κ3) is 2.28. The molecule has 94 valence electrons. The number of hydrogen-bond donors (Lipinski definition) is 2. The predicted octanol–water partition coefficient (Wildman–Crippen LogP) is 2.86. The van der Waals surface area contributed by atoms with Gasteiger partial charge in [-0.3, -0.25) is 9.89 Å². The summed E-state index contributed by atoms with van der Waals surface area (Å²) in [6.07, 6.45) is 3.10.